The molecule has 0 unspecified atom stereocenters. The Morgan fingerprint density at radius 1 is 1.04 bits per heavy atom. The summed E-state index contributed by atoms with van der Waals surface area (Å²) >= 11 is 0. The van der Waals surface area contributed by atoms with E-state index < -0.39 is 0 Å². The maximum absolute atomic E-state index is 5.38. The van der Waals surface area contributed by atoms with Crippen LogP contribution in [0.1, 0.15) is 30.1 Å². The molecule has 1 atom stereocenters. The molecule has 5 heteroatoms. The highest BCUT2D eigenvalue weighted by atomic mass is 16.5. The Bertz CT molecular complexity index is 884. The van der Waals surface area contributed by atoms with Crippen LogP contribution in [0.15, 0.2) is 61.1 Å². The average molecular weight is 360 g/mol. The summed E-state index contributed by atoms with van der Waals surface area (Å²) in [5.41, 5.74) is 4.21. The van der Waals surface area contributed by atoms with Crippen molar-refractivity contribution in [2.45, 2.75) is 25.3 Å². The largest absolute Gasteiger partial charge is 0.497 e. The maximum Gasteiger partial charge on any atom is 0.119 e. The molecule has 0 radical (unpaired) electrons. The van der Waals surface area contributed by atoms with E-state index in [1.807, 2.05) is 36.5 Å². The molecule has 2 aromatic heterocycles. The van der Waals surface area contributed by atoms with Gasteiger partial charge in [-0.25, -0.2) is 0 Å². The molecule has 0 N–H and O–H groups in total. The summed E-state index contributed by atoms with van der Waals surface area (Å²) in [5.74, 6) is 1.21. The van der Waals surface area contributed by atoms with Crippen LogP contribution in [0.4, 0.5) is 0 Å². The number of benzene rings is 1. The van der Waals surface area contributed by atoms with E-state index in [-0.39, 0.29) is 0 Å². The standard InChI is InChI=1S/C22H24N4O/c1-27-20-9-4-6-17(14-20)21-22(25-12-11-24-21)18-7-5-13-26(15-18)16-19-8-2-3-10-23-19/h2-4,6,8-12,14,18H,5,7,13,15-16H2,1H3/t18-/m1/s1. The second-order valence-corrected chi connectivity index (χ2v) is 6.92. The minimum Gasteiger partial charge on any atom is -0.497 e. The molecule has 1 saturated heterocycles. The zero-order valence-corrected chi connectivity index (χ0v) is 15.6. The van der Waals surface area contributed by atoms with Gasteiger partial charge < -0.3 is 4.74 Å². The predicted molar refractivity (Wildman–Crippen MR) is 106 cm³/mol. The first-order valence-electron chi connectivity index (χ1n) is 9.41. The molecule has 27 heavy (non-hydrogen) atoms. The summed E-state index contributed by atoms with van der Waals surface area (Å²) < 4.78 is 5.38. The Morgan fingerprint density at radius 2 is 1.96 bits per heavy atom. The highest BCUT2D eigenvalue weighted by Crippen LogP contribution is 2.33. The van der Waals surface area contributed by atoms with Gasteiger partial charge in [-0.05, 0) is 43.7 Å². The van der Waals surface area contributed by atoms with Gasteiger partial charge in [0.1, 0.15) is 5.75 Å². The summed E-state index contributed by atoms with van der Waals surface area (Å²) in [6.45, 7) is 2.96. The number of ether oxygens (including phenoxy) is 1. The Balaban J connectivity index is 1.57. The van der Waals surface area contributed by atoms with Gasteiger partial charge in [0, 0.05) is 43.2 Å². The Hall–Kier alpha value is -2.79. The molecule has 5 nitrogen and oxygen atoms in total. The van der Waals surface area contributed by atoms with Crippen LogP contribution in [-0.4, -0.2) is 40.1 Å². The van der Waals surface area contributed by atoms with Crippen molar-refractivity contribution in [3.8, 4) is 17.0 Å². The van der Waals surface area contributed by atoms with E-state index in [0.29, 0.717) is 5.92 Å². The van der Waals surface area contributed by atoms with Crippen molar-refractivity contribution in [1.82, 2.24) is 19.9 Å². The van der Waals surface area contributed by atoms with E-state index in [1.165, 1.54) is 0 Å². The molecule has 1 aliphatic rings. The van der Waals surface area contributed by atoms with Gasteiger partial charge in [-0.3, -0.25) is 19.9 Å². The zero-order valence-electron chi connectivity index (χ0n) is 15.6. The third-order valence-corrected chi connectivity index (χ3v) is 5.07. The van der Waals surface area contributed by atoms with Gasteiger partial charge >= 0.3 is 0 Å². The summed E-state index contributed by atoms with van der Waals surface area (Å²) in [6, 6.07) is 14.2. The van der Waals surface area contributed by atoms with Crippen LogP contribution in [-0.2, 0) is 6.54 Å². The Labute approximate surface area is 160 Å². The molecular formula is C22H24N4O. The molecule has 3 heterocycles. The van der Waals surface area contributed by atoms with Crippen molar-refractivity contribution in [2.24, 2.45) is 0 Å². The monoisotopic (exact) mass is 360 g/mol. The second-order valence-electron chi connectivity index (χ2n) is 6.92. The van der Waals surface area contributed by atoms with Crippen LogP contribution < -0.4 is 4.74 Å². The summed E-state index contributed by atoms with van der Waals surface area (Å²) in [6.07, 6.45) is 7.73. The first-order chi connectivity index (χ1) is 13.3. The van der Waals surface area contributed by atoms with E-state index in [9.17, 15) is 0 Å². The van der Waals surface area contributed by atoms with Gasteiger partial charge in [-0.15, -0.1) is 0 Å². The quantitative estimate of drug-likeness (QED) is 0.690. The van der Waals surface area contributed by atoms with E-state index in [1.54, 1.807) is 19.5 Å². The number of hydrogen-bond acceptors (Lipinski definition) is 5. The van der Waals surface area contributed by atoms with Gasteiger partial charge in [0.15, 0.2) is 0 Å². The molecule has 1 aliphatic heterocycles. The SMILES string of the molecule is COc1cccc(-c2nccnc2[C@@H]2CCCN(Cc3ccccn3)C2)c1. The number of nitrogens with zero attached hydrogens (tertiary/aromatic N) is 4. The molecule has 1 aromatic carbocycles. The lowest BCUT2D eigenvalue weighted by molar-refractivity contribution is 0.196. The van der Waals surface area contributed by atoms with E-state index in [2.05, 4.69) is 27.0 Å². The topological polar surface area (TPSA) is 51.1 Å². The molecule has 0 amide bonds. The fourth-order valence-electron chi connectivity index (χ4n) is 3.78. The van der Waals surface area contributed by atoms with Crippen LogP contribution in [0.25, 0.3) is 11.3 Å². The van der Waals surface area contributed by atoms with Crippen molar-refractivity contribution in [3.05, 3.63) is 72.4 Å². The van der Waals surface area contributed by atoms with Crippen molar-refractivity contribution in [2.75, 3.05) is 20.2 Å². The minimum absolute atomic E-state index is 0.373. The van der Waals surface area contributed by atoms with Crippen LogP contribution in [0.2, 0.25) is 0 Å². The predicted octanol–water partition coefficient (Wildman–Crippen LogP) is 3.93. The van der Waals surface area contributed by atoms with Gasteiger partial charge in [0.05, 0.1) is 24.2 Å². The molecular weight excluding hydrogens is 336 g/mol. The fourth-order valence-corrected chi connectivity index (χ4v) is 3.78. The first kappa shape index (κ1) is 17.6. The number of piperidine rings is 1. The number of pyridine rings is 1. The number of rotatable bonds is 5. The maximum atomic E-state index is 5.38. The highest BCUT2D eigenvalue weighted by molar-refractivity contribution is 5.64. The molecule has 0 spiro atoms. The number of methoxy groups -OCH3 is 1. The third-order valence-electron chi connectivity index (χ3n) is 5.07. The second kappa shape index (κ2) is 8.27. The van der Waals surface area contributed by atoms with Gasteiger partial charge in [0.2, 0.25) is 0 Å². The summed E-state index contributed by atoms with van der Waals surface area (Å²) in [5, 5.41) is 0. The zero-order chi connectivity index (χ0) is 18.5. The van der Waals surface area contributed by atoms with Gasteiger partial charge in [-0.2, -0.15) is 0 Å². The van der Waals surface area contributed by atoms with Crippen LogP contribution in [0, 0.1) is 0 Å². The molecule has 1 fully saturated rings. The molecule has 138 valence electrons. The van der Waals surface area contributed by atoms with Crippen LogP contribution in [0.3, 0.4) is 0 Å². The van der Waals surface area contributed by atoms with E-state index >= 15 is 0 Å². The van der Waals surface area contributed by atoms with Crippen molar-refractivity contribution in [3.63, 3.8) is 0 Å². The lowest BCUT2D eigenvalue weighted by Crippen LogP contribution is -2.34. The van der Waals surface area contributed by atoms with E-state index in [0.717, 1.165) is 60.9 Å². The average Bonchev–Trinajstić information content (AvgIpc) is 2.75. The molecule has 0 bridgehead atoms. The molecule has 4 rings (SSSR count). The molecule has 0 saturated carbocycles. The number of hydrogen-bond donors (Lipinski definition) is 0. The fraction of sp³-hybridized carbons (Fsp3) is 0.318. The van der Waals surface area contributed by atoms with Gasteiger partial charge in [-0.1, -0.05) is 18.2 Å². The Morgan fingerprint density at radius 3 is 2.81 bits per heavy atom. The summed E-state index contributed by atoms with van der Waals surface area (Å²) in [4.78, 5) is 16.3. The van der Waals surface area contributed by atoms with Crippen LogP contribution in [0.5, 0.6) is 5.75 Å². The smallest absolute Gasteiger partial charge is 0.119 e. The molecule has 0 aliphatic carbocycles. The number of likely N-dealkylation sites (tertiary alicyclic amines) is 1. The van der Waals surface area contributed by atoms with Gasteiger partial charge in [0.25, 0.3) is 0 Å². The lowest BCUT2D eigenvalue weighted by Gasteiger charge is -2.32. The van der Waals surface area contributed by atoms with Crippen molar-refractivity contribution >= 4 is 0 Å². The first-order valence-corrected chi connectivity index (χ1v) is 9.41. The highest BCUT2D eigenvalue weighted by Gasteiger charge is 2.25. The van der Waals surface area contributed by atoms with E-state index in [4.69, 9.17) is 9.72 Å². The lowest BCUT2D eigenvalue weighted by atomic mass is 9.91. The van der Waals surface area contributed by atoms with Crippen molar-refractivity contribution in [1.29, 1.82) is 0 Å². The Kier molecular flexibility index (Phi) is 5.39. The number of aromatic nitrogens is 3. The molecule has 3 aromatic rings. The minimum atomic E-state index is 0.373. The normalized spacial score (nSPS) is 17.6. The third kappa shape index (κ3) is 4.14. The van der Waals surface area contributed by atoms with Crippen LogP contribution >= 0.6 is 0 Å². The summed E-state index contributed by atoms with van der Waals surface area (Å²) in [7, 11) is 1.69. The van der Waals surface area contributed by atoms with Crippen molar-refractivity contribution < 1.29 is 4.74 Å².